The third-order valence-electron chi connectivity index (χ3n) is 3.04. The van der Waals surface area contributed by atoms with Gasteiger partial charge >= 0.3 is 5.97 Å². The van der Waals surface area contributed by atoms with Gasteiger partial charge in [-0.25, -0.2) is 8.42 Å². The van der Waals surface area contributed by atoms with Crippen molar-refractivity contribution in [2.24, 2.45) is 0 Å². The number of aliphatic carboxylic acids is 1. The molecule has 0 bridgehead atoms. The molecule has 98 valence electrons. The number of ether oxygens (including phenoxy) is 1. The summed E-state index contributed by atoms with van der Waals surface area (Å²) in [6.07, 6.45) is 0.908. The number of rotatable bonds is 3. The molecule has 6 nitrogen and oxygen atoms in total. The molecule has 2 rings (SSSR count). The Balaban J connectivity index is 2.16. The average Bonchev–Trinajstić information content (AvgIpc) is 2.80. The summed E-state index contributed by atoms with van der Waals surface area (Å²) in [6, 6.07) is -0.909. The maximum atomic E-state index is 12.3. The molecule has 0 aromatic carbocycles. The summed E-state index contributed by atoms with van der Waals surface area (Å²) in [6.45, 7) is 0.866. The van der Waals surface area contributed by atoms with Gasteiger partial charge in [-0.2, -0.15) is 4.31 Å². The lowest BCUT2D eigenvalue weighted by molar-refractivity contribution is -0.140. The number of hydrogen-bond donors (Lipinski definition) is 1. The third-order valence-corrected chi connectivity index (χ3v) is 6.57. The highest BCUT2D eigenvalue weighted by Crippen LogP contribution is 2.29. The molecule has 1 N–H and O–H groups in total. The minimum atomic E-state index is -3.50. The maximum Gasteiger partial charge on any atom is 0.322 e. The van der Waals surface area contributed by atoms with Crippen LogP contribution >= 0.6 is 11.8 Å². The van der Waals surface area contributed by atoms with Gasteiger partial charge in [0, 0.05) is 19.0 Å². The molecule has 2 aliphatic heterocycles. The van der Waals surface area contributed by atoms with E-state index in [2.05, 4.69) is 0 Å². The molecule has 2 fully saturated rings. The second kappa shape index (κ2) is 5.13. The molecule has 0 amide bonds. The van der Waals surface area contributed by atoms with Crippen LogP contribution in [0.5, 0.6) is 0 Å². The van der Waals surface area contributed by atoms with Crippen molar-refractivity contribution in [1.29, 1.82) is 0 Å². The zero-order valence-corrected chi connectivity index (χ0v) is 10.9. The van der Waals surface area contributed by atoms with Gasteiger partial charge in [-0.15, -0.1) is 11.8 Å². The lowest BCUT2D eigenvalue weighted by atomic mass is 10.2. The summed E-state index contributed by atoms with van der Waals surface area (Å²) in [7, 11) is -3.50. The molecule has 0 radical (unpaired) electrons. The molecule has 2 aliphatic rings. The molecule has 17 heavy (non-hydrogen) atoms. The summed E-state index contributed by atoms with van der Waals surface area (Å²) in [5, 5.41) is 8.51. The molecule has 0 saturated carbocycles. The van der Waals surface area contributed by atoms with Crippen molar-refractivity contribution >= 4 is 27.8 Å². The van der Waals surface area contributed by atoms with Gasteiger partial charge in [-0.05, 0) is 12.8 Å². The van der Waals surface area contributed by atoms with Gasteiger partial charge in [0.2, 0.25) is 10.0 Å². The summed E-state index contributed by atoms with van der Waals surface area (Å²) < 4.78 is 30.9. The molecule has 2 saturated heterocycles. The summed E-state index contributed by atoms with van der Waals surface area (Å²) >= 11 is 1.34. The molecule has 0 spiro atoms. The number of sulfonamides is 1. The Hall–Kier alpha value is -0.310. The zero-order valence-electron chi connectivity index (χ0n) is 9.24. The lowest BCUT2D eigenvalue weighted by Gasteiger charge is -2.28. The fourth-order valence-electron chi connectivity index (χ4n) is 2.04. The van der Waals surface area contributed by atoms with Crippen molar-refractivity contribution in [2.45, 2.75) is 24.1 Å². The molecule has 2 heterocycles. The van der Waals surface area contributed by atoms with Gasteiger partial charge < -0.3 is 9.84 Å². The topological polar surface area (TPSA) is 83.9 Å². The Morgan fingerprint density at radius 3 is 2.59 bits per heavy atom. The van der Waals surface area contributed by atoms with Gasteiger partial charge in [-0.1, -0.05) is 0 Å². The number of thioether (sulfide) groups is 1. The molecule has 0 aliphatic carbocycles. The number of hydrogen-bond acceptors (Lipinski definition) is 5. The highest BCUT2D eigenvalue weighted by molar-refractivity contribution is 8.00. The van der Waals surface area contributed by atoms with Gasteiger partial charge in [-0.3, -0.25) is 4.79 Å². The third kappa shape index (κ3) is 2.59. The van der Waals surface area contributed by atoms with Crippen LogP contribution < -0.4 is 0 Å². The highest BCUT2D eigenvalue weighted by atomic mass is 32.2. The molecular weight excluding hydrogens is 266 g/mol. The van der Waals surface area contributed by atoms with Crippen LogP contribution in [-0.2, 0) is 19.6 Å². The van der Waals surface area contributed by atoms with Crippen molar-refractivity contribution < 1.29 is 23.1 Å². The van der Waals surface area contributed by atoms with E-state index < -0.39 is 27.3 Å². The number of carboxylic acids is 1. The second-order valence-corrected chi connectivity index (χ2v) is 7.26. The molecule has 8 heteroatoms. The Kier molecular flexibility index (Phi) is 3.96. The lowest BCUT2D eigenvalue weighted by Crippen LogP contribution is -2.47. The largest absolute Gasteiger partial charge is 0.480 e. The van der Waals surface area contributed by atoms with Gasteiger partial charge in [0.05, 0.1) is 11.1 Å². The Bertz CT molecular complexity index is 390. The Morgan fingerprint density at radius 1 is 1.35 bits per heavy atom. The normalized spacial score (nSPS) is 28.4. The first-order valence-electron chi connectivity index (χ1n) is 5.42. The smallest absolute Gasteiger partial charge is 0.322 e. The standard InChI is InChI=1S/C9H15NO5S2/c11-9(12)8-5-16-6-10(8)17(13,14)7-1-3-15-4-2-7/h7-8H,1-6H2,(H,11,12). The van der Waals surface area contributed by atoms with E-state index in [-0.39, 0.29) is 5.88 Å². The first-order valence-corrected chi connectivity index (χ1v) is 8.08. The number of carboxylic acid groups (broad SMARTS) is 1. The van der Waals surface area contributed by atoms with Gasteiger partial charge in [0.15, 0.2) is 0 Å². The molecule has 1 atom stereocenters. The number of nitrogens with zero attached hydrogens (tertiary/aromatic N) is 1. The Morgan fingerprint density at radius 2 is 2.00 bits per heavy atom. The van der Waals surface area contributed by atoms with Crippen LogP contribution in [0.3, 0.4) is 0 Å². The van der Waals surface area contributed by atoms with E-state index in [9.17, 15) is 13.2 Å². The molecular formula is C9H15NO5S2. The van der Waals surface area contributed by atoms with Crippen molar-refractivity contribution in [1.82, 2.24) is 4.31 Å². The van der Waals surface area contributed by atoms with Crippen molar-refractivity contribution in [3.05, 3.63) is 0 Å². The summed E-state index contributed by atoms with van der Waals surface area (Å²) in [4.78, 5) is 11.0. The van der Waals surface area contributed by atoms with E-state index in [1.54, 1.807) is 0 Å². The fourth-order valence-corrected chi connectivity index (χ4v) is 5.65. The average molecular weight is 281 g/mol. The quantitative estimate of drug-likeness (QED) is 0.781. The van der Waals surface area contributed by atoms with E-state index in [4.69, 9.17) is 9.84 Å². The van der Waals surface area contributed by atoms with Crippen LogP contribution in [0.15, 0.2) is 0 Å². The second-order valence-electron chi connectivity index (χ2n) is 4.10. The van der Waals surface area contributed by atoms with Crippen molar-refractivity contribution in [3.63, 3.8) is 0 Å². The maximum absolute atomic E-state index is 12.3. The van der Waals surface area contributed by atoms with E-state index in [1.165, 1.54) is 11.8 Å². The minimum absolute atomic E-state index is 0.247. The summed E-state index contributed by atoms with van der Waals surface area (Å²) in [5.41, 5.74) is 0. The van der Waals surface area contributed by atoms with E-state index in [0.717, 1.165) is 4.31 Å². The van der Waals surface area contributed by atoms with E-state index in [1.807, 2.05) is 0 Å². The van der Waals surface area contributed by atoms with Crippen LogP contribution in [-0.4, -0.2) is 59.9 Å². The van der Waals surface area contributed by atoms with Crippen molar-refractivity contribution in [3.8, 4) is 0 Å². The van der Waals surface area contributed by atoms with Gasteiger partial charge in [0.25, 0.3) is 0 Å². The van der Waals surface area contributed by atoms with Crippen LogP contribution in [0.25, 0.3) is 0 Å². The fraction of sp³-hybridized carbons (Fsp3) is 0.889. The van der Waals surface area contributed by atoms with Crippen molar-refractivity contribution in [2.75, 3.05) is 24.8 Å². The minimum Gasteiger partial charge on any atom is -0.480 e. The zero-order chi connectivity index (χ0) is 12.5. The first-order chi connectivity index (χ1) is 8.03. The van der Waals surface area contributed by atoms with Crippen LogP contribution in [0.4, 0.5) is 0 Å². The predicted octanol–water partition coefficient (Wildman–Crippen LogP) is -0.0453. The molecule has 1 unspecified atom stereocenters. The first kappa shape index (κ1) is 13.1. The van der Waals surface area contributed by atoms with Crippen LogP contribution in [0, 0.1) is 0 Å². The van der Waals surface area contributed by atoms with E-state index in [0.29, 0.717) is 31.8 Å². The Labute approximate surface area is 104 Å². The summed E-state index contributed by atoms with van der Waals surface area (Å²) in [5.74, 6) is -0.486. The highest BCUT2D eigenvalue weighted by Gasteiger charge is 2.43. The van der Waals surface area contributed by atoms with Crippen LogP contribution in [0.1, 0.15) is 12.8 Å². The molecule has 0 aromatic rings. The molecule has 0 aromatic heterocycles. The SMILES string of the molecule is O=C(O)C1CSCN1S(=O)(=O)C1CCOCC1. The van der Waals surface area contributed by atoms with E-state index >= 15 is 0 Å². The number of carbonyl (C=O) groups is 1. The predicted molar refractivity (Wildman–Crippen MR) is 63.3 cm³/mol. The van der Waals surface area contributed by atoms with Gasteiger partial charge in [0.1, 0.15) is 6.04 Å². The monoisotopic (exact) mass is 281 g/mol. The van der Waals surface area contributed by atoms with Crippen LogP contribution in [0.2, 0.25) is 0 Å².